The first kappa shape index (κ1) is 12.9. The minimum atomic E-state index is -1.67. The van der Waals surface area contributed by atoms with Gasteiger partial charge in [-0.1, -0.05) is 19.6 Å². The van der Waals surface area contributed by atoms with Crippen molar-refractivity contribution < 1.29 is 9.53 Å². The first-order valence-corrected chi connectivity index (χ1v) is 8.76. The number of nitrogens with zero attached hydrogens (tertiary/aromatic N) is 2. The van der Waals surface area contributed by atoms with E-state index >= 15 is 0 Å². The zero-order valence-electron chi connectivity index (χ0n) is 10.7. The van der Waals surface area contributed by atoms with E-state index in [-0.39, 0.29) is 0 Å². The van der Waals surface area contributed by atoms with Gasteiger partial charge < -0.3 is 4.74 Å². The number of rotatable bonds is 2. The molecule has 5 nitrogen and oxygen atoms in total. The Bertz CT molecular complexity index is 388. The Morgan fingerprint density at radius 3 is 2.25 bits per heavy atom. The van der Waals surface area contributed by atoms with Gasteiger partial charge >= 0.3 is 5.97 Å². The van der Waals surface area contributed by atoms with E-state index in [0.29, 0.717) is 5.69 Å². The second-order valence-corrected chi connectivity index (χ2v) is 10.7. The highest BCUT2D eigenvalue weighted by Gasteiger charge is 2.30. The summed E-state index contributed by atoms with van der Waals surface area (Å²) in [5.74, 6) is -0.404. The molecule has 0 spiro atoms. The van der Waals surface area contributed by atoms with E-state index in [4.69, 9.17) is 4.74 Å². The average Bonchev–Trinajstić information content (AvgIpc) is 2.45. The van der Waals surface area contributed by atoms with Gasteiger partial charge in [0.25, 0.3) is 0 Å². The lowest BCUT2D eigenvalue weighted by Gasteiger charge is -2.20. The van der Waals surface area contributed by atoms with Crippen molar-refractivity contribution in [3.63, 3.8) is 0 Å². The third-order valence-corrected chi connectivity index (χ3v) is 3.62. The molecule has 1 heterocycles. The maximum Gasteiger partial charge on any atom is 0.360 e. The Morgan fingerprint density at radius 2 is 1.81 bits per heavy atom. The van der Waals surface area contributed by atoms with E-state index in [1.807, 2.05) is 20.8 Å². The van der Waals surface area contributed by atoms with Gasteiger partial charge in [-0.15, -0.1) is 5.10 Å². The third kappa shape index (κ3) is 3.16. The fourth-order valence-electron chi connectivity index (χ4n) is 1.22. The molecule has 0 atom stereocenters. The summed E-state index contributed by atoms with van der Waals surface area (Å²) in [6.45, 7) is 11.8. The standard InChI is InChI=1S/C10H19N3O2Si/c1-10(2,3)15-9(14)7-8(12-13-11-7)16(4,5)6/h1-6H3,(H,11,12,13). The molecule has 0 aliphatic rings. The smallest absolute Gasteiger partial charge is 0.360 e. The molecule has 1 N–H and O–H groups in total. The van der Waals surface area contributed by atoms with Gasteiger partial charge in [0.2, 0.25) is 0 Å². The predicted molar refractivity (Wildman–Crippen MR) is 64.5 cm³/mol. The maximum absolute atomic E-state index is 11.9. The maximum atomic E-state index is 11.9. The molecule has 0 bridgehead atoms. The largest absolute Gasteiger partial charge is 0.455 e. The number of carbonyl (C=O) groups excluding carboxylic acids is 1. The van der Waals surface area contributed by atoms with Crippen LogP contribution in [-0.2, 0) is 4.74 Å². The summed E-state index contributed by atoms with van der Waals surface area (Å²) in [4.78, 5) is 11.9. The third-order valence-electron chi connectivity index (χ3n) is 1.85. The molecule has 0 aliphatic heterocycles. The number of hydrogen-bond acceptors (Lipinski definition) is 4. The van der Waals surface area contributed by atoms with Crippen molar-refractivity contribution in [2.24, 2.45) is 0 Å². The predicted octanol–water partition coefficient (Wildman–Crippen LogP) is 1.31. The Kier molecular flexibility index (Phi) is 3.23. The van der Waals surface area contributed by atoms with Gasteiger partial charge in [0.15, 0.2) is 5.69 Å². The zero-order chi connectivity index (χ0) is 12.6. The molecule has 0 aromatic carbocycles. The van der Waals surface area contributed by atoms with Crippen molar-refractivity contribution in [2.75, 3.05) is 0 Å². The van der Waals surface area contributed by atoms with Gasteiger partial charge in [0.05, 0.1) is 5.32 Å². The Labute approximate surface area is 96.6 Å². The van der Waals surface area contributed by atoms with Crippen molar-refractivity contribution >= 4 is 19.4 Å². The van der Waals surface area contributed by atoms with E-state index in [1.54, 1.807) is 0 Å². The van der Waals surface area contributed by atoms with Gasteiger partial charge in [0, 0.05) is 0 Å². The number of carbonyl (C=O) groups is 1. The number of ether oxygens (including phenoxy) is 1. The van der Waals surface area contributed by atoms with Crippen LogP contribution in [0, 0.1) is 0 Å². The van der Waals surface area contributed by atoms with Crippen LogP contribution in [0.3, 0.4) is 0 Å². The summed E-state index contributed by atoms with van der Waals surface area (Å²) in [5, 5.41) is 11.2. The van der Waals surface area contributed by atoms with Crippen molar-refractivity contribution in [1.29, 1.82) is 0 Å². The van der Waals surface area contributed by atoms with Crippen LogP contribution in [0.4, 0.5) is 0 Å². The molecule has 0 aliphatic carbocycles. The van der Waals surface area contributed by atoms with Crippen LogP contribution < -0.4 is 5.32 Å². The van der Waals surface area contributed by atoms with Crippen molar-refractivity contribution in [3.05, 3.63) is 5.69 Å². The molecule has 0 radical (unpaired) electrons. The molecular formula is C10H19N3O2Si. The second kappa shape index (κ2) is 4.01. The number of aromatic nitrogens is 3. The highest BCUT2D eigenvalue weighted by molar-refractivity contribution is 6.88. The summed E-state index contributed by atoms with van der Waals surface area (Å²) < 4.78 is 5.28. The average molecular weight is 241 g/mol. The topological polar surface area (TPSA) is 67.9 Å². The van der Waals surface area contributed by atoms with Gasteiger partial charge in [-0.05, 0) is 20.8 Å². The molecule has 0 unspecified atom stereocenters. The van der Waals surface area contributed by atoms with E-state index in [2.05, 4.69) is 35.1 Å². The monoisotopic (exact) mass is 241 g/mol. The Morgan fingerprint density at radius 1 is 1.25 bits per heavy atom. The van der Waals surface area contributed by atoms with Crippen LogP contribution in [-0.4, -0.2) is 35.1 Å². The van der Waals surface area contributed by atoms with E-state index < -0.39 is 19.6 Å². The summed E-state index contributed by atoms with van der Waals surface area (Å²) in [7, 11) is -1.67. The summed E-state index contributed by atoms with van der Waals surface area (Å²) >= 11 is 0. The highest BCUT2D eigenvalue weighted by Crippen LogP contribution is 2.11. The summed E-state index contributed by atoms with van der Waals surface area (Å²) in [5.41, 5.74) is -0.179. The number of nitrogens with one attached hydrogen (secondary N) is 1. The molecule has 0 saturated heterocycles. The Hall–Kier alpha value is -1.17. The number of aromatic amines is 1. The first-order valence-electron chi connectivity index (χ1n) is 5.26. The fourth-order valence-corrected chi connectivity index (χ4v) is 2.48. The molecule has 16 heavy (non-hydrogen) atoms. The first-order chi connectivity index (χ1) is 7.11. The summed E-state index contributed by atoms with van der Waals surface area (Å²) in [6.07, 6.45) is 0. The lowest BCUT2D eigenvalue weighted by molar-refractivity contribution is 0.00642. The Balaban J connectivity index is 2.98. The lowest BCUT2D eigenvalue weighted by atomic mass is 10.2. The minimum Gasteiger partial charge on any atom is -0.455 e. The molecular weight excluding hydrogens is 222 g/mol. The van der Waals surface area contributed by atoms with Gasteiger partial charge in [-0.3, -0.25) is 0 Å². The van der Waals surface area contributed by atoms with E-state index in [0.717, 1.165) is 5.32 Å². The van der Waals surface area contributed by atoms with Gasteiger partial charge in [-0.25, -0.2) is 4.79 Å². The van der Waals surface area contributed by atoms with Gasteiger partial charge in [0.1, 0.15) is 13.7 Å². The molecule has 1 aromatic heterocycles. The quantitative estimate of drug-likeness (QED) is 0.626. The second-order valence-electron chi connectivity index (χ2n) is 5.77. The molecule has 90 valence electrons. The SMILES string of the molecule is CC(C)(C)OC(=O)c1n[nH]nc1[Si](C)(C)C. The van der Waals surface area contributed by atoms with E-state index in [1.165, 1.54) is 0 Å². The van der Waals surface area contributed by atoms with Crippen LogP contribution in [0.5, 0.6) is 0 Å². The van der Waals surface area contributed by atoms with Crippen molar-refractivity contribution in [1.82, 2.24) is 15.4 Å². The summed E-state index contributed by atoms with van der Waals surface area (Å²) in [6, 6.07) is 0. The van der Waals surface area contributed by atoms with Crippen LogP contribution in [0.25, 0.3) is 0 Å². The van der Waals surface area contributed by atoms with Crippen LogP contribution >= 0.6 is 0 Å². The minimum absolute atomic E-state index is 0.328. The number of H-pyrrole nitrogens is 1. The zero-order valence-corrected chi connectivity index (χ0v) is 11.7. The van der Waals surface area contributed by atoms with Crippen LogP contribution in [0.2, 0.25) is 19.6 Å². The molecule has 0 fully saturated rings. The molecule has 0 amide bonds. The van der Waals surface area contributed by atoms with Crippen molar-refractivity contribution in [3.8, 4) is 0 Å². The molecule has 1 aromatic rings. The number of esters is 1. The fraction of sp³-hybridized carbons (Fsp3) is 0.700. The van der Waals surface area contributed by atoms with Crippen LogP contribution in [0.15, 0.2) is 0 Å². The highest BCUT2D eigenvalue weighted by atomic mass is 28.3. The van der Waals surface area contributed by atoms with Crippen molar-refractivity contribution in [2.45, 2.75) is 46.0 Å². The molecule has 1 rings (SSSR count). The molecule has 0 saturated carbocycles. The van der Waals surface area contributed by atoms with E-state index in [9.17, 15) is 4.79 Å². The number of hydrogen-bond donors (Lipinski definition) is 1. The van der Waals surface area contributed by atoms with Gasteiger partial charge in [-0.2, -0.15) is 10.3 Å². The lowest BCUT2D eigenvalue weighted by Crippen LogP contribution is -2.43. The molecule has 6 heteroatoms. The normalized spacial score (nSPS) is 12.6. The van der Waals surface area contributed by atoms with Crippen LogP contribution in [0.1, 0.15) is 31.3 Å².